The number of nitrogen functional groups attached to an aromatic ring is 2. The van der Waals surface area contributed by atoms with Gasteiger partial charge in [0, 0.05) is 6.54 Å². The molecule has 1 saturated heterocycles. The largest absolute Gasteiger partial charge is 0.370 e. The summed E-state index contributed by atoms with van der Waals surface area (Å²) in [7, 11) is 0. The van der Waals surface area contributed by atoms with Crippen molar-refractivity contribution in [2.75, 3.05) is 36.1 Å². The van der Waals surface area contributed by atoms with E-state index in [4.69, 9.17) is 16.2 Å². The molecule has 1 aromatic carbocycles. The molecule has 1 fully saturated rings. The van der Waals surface area contributed by atoms with E-state index in [0.717, 1.165) is 5.56 Å². The zero-order valence-corrected chi connectivity index (χ0v) is 12.2. The van der Waals surface area contributed by atoms with E-state index < -0.39 is 0 Å². The number of halogens is 1. The van der Waals surface area contributed by atoms with Crippen LogP contribution < -0.4 is 16.4 Å². The van der Waals surface area contributed by atoms with E-state index in [1.165, 1.54) is 6.07 Å². The maximum atomic E-state index is 13.4. The van der Waals surface area contributed by atoms with Crippen molar-refractivity contribution >= 4 is 17.8 Å². The van der Waals surface area contributed by atoms with Crippen LogP contribution in [0.15, 0.2) is 18.2 Å². The van der Waals surface area contributed by atoms with Crippen LogP contribution in [-0.2, 0) is 4.74 Å². The number of morpholine rings is 1. The number of benzene rings is 1. The highest BCUT2D eigenvalue weighted by molar-refractivity contribution is 5.41. The van der Waals surface area contributed by atoms with Gasteiger partial charge in [0.05, 0.1) is 13.2 Å². The van der Waals surface area contributed by atoms with Gasteiger partial charge in [-0.05, 0) is 24.1 Å². The maximum Gasteiger partial charge on any atom is 0.232 e. The van der Waals surface area contributed by atoms with Gasteiger partial charge >= 0.3 is 0 Å². The summed E-state index contributed by atoms with van der Waals surface area (Å²) in [6.45, 7) is 3.40. The molecule has 1 atom stereocenters. The molecule has 1 aliphatic heterocycles. The van der Waals surface area contributed by atoms with Crippen molar-refractivity contribution in [3.05, 3.63) is 35.1 Å². The number of ether oxygens (including phenoxy) is 1. The monoisotopic (exact) mass is 304 g/mol. The third-order valence-electron chi connectivity index (χ3n) is 3.56. The standard InChI is InChI=1S/C14H17FN6O/c1-8-6-9(2-3-10(8)15)11-7-21(4-5-22-11)14-19-12(16)18-13(17)20-14/h2-3,6,11H,4-5,7H2,1H3,(H4,16,17,18,19,20). The zero-order chi connectivity index (χ0) is 15.7. The van der Waals surface area contributed by atoms with E-state index in [1.807, 2.05) is 4.90 Å². The molecule has 4 N–H and O–H groups in total. The van der Waals surface area contributed by atoms with Gasteiger partial charge in [0.15, 0.2) is 0 Å². The summed E-state index contributed by atoms with van der Waals surface area (Å²) in [4.78, 5) is 13.9. The first-order chi connectivity index (χ1) is 10.5. The fourth-order valence-electron chi connectivity index (χ4n) is 2.44. The Bertz CT molecular complexity index is 675. The SMILES string of the molecule is Cc1cc(C2CN(c3nc(N)nc(N)n3)CCO2)ccc1F. The van der Waals surface area contributed by atoms with Crippen molar-refractivity contribution < 1.29 is 9.13 Å². The molecule has 1 unspecified atom stereocenters. The van der Waals surface area contributed by atoms with Crippen LogP contribution in [0.2, 0.25) is 0 Å². The van der Waals surface area contributed by atoms with Crippen molar-refractivity contribution in [3.63, 3.8) is 0 Å². The molecule has 22 heavy (non-hydrogen) atoms. The Morgan fingerprint density at radius 1 is 1.23 bits per heavy atom. The van der Waals surface area contributed by atoms with Crippen LogP contribution >= 0.6 is 0 Å². The van der Waals surface area contributed by atoms with E-state index in [9.17, 15) is 4.39 Å². The van der Waals surface area contributed by atoms with Gasteiger partial charge in [-0.2, -0.15) is 15.0 Å². The number of hydrogen-bond donors (Lipinski definition) is 2. The number of aromatic nitrogens is 3. The van der Waals surface area contributed by atoms with E-state index in [0.29, 0.717) is 31.2 Å². The maximum absolute atomic E-state index is 13.4. The van der Waals surface area contributed by atoms with Crippen LogP contribution in [0, 0.1) is 12.7 Å². The average Bonchev–Trinajstić information content (AvgIpc) is 2.49. The Kier molecular flexibility index (Phi) is 3.76. The highest BCUT2D eigenvalue weighted by Gasteiger charge is 2.24. The Morgan fingerprint density at radius 3 is 2.64 bits per heavy atom. The lowest BCUT2D eigenvalue weighted by Crippen LogP contribution is -2.39. The molecule has 2 aromatic rings. The van der Waals surface area contributed by atoms with E-state index in [1.54, 1.807) is 19.1 Å². The molecule has 3 rings (SSSR count). The van der Waals surface area contributed by atoms with Gasteiger partial charge < -0.3 is 21.1 Å². The molecule has 1 aromatic heterocycles. The first-order valence-electron chi connectivity index (χ1n) is 6.92. The Labute approximate surface area is 127 Å². The summed E-state index contributed by atoms with van der Waals surface area (Å²) < 4.78 is 19.2. The third-order valence-corrected chi connectivity index (χ3v) is 3.56. The minimum absolute atomic E-state index is 0.0863. The van der Waals surface area contributed by atoms with Gasteiger partial charge in [0.2, 0.25) is 17.8 Å². The molecular weight excluding hydrogens is 287 g/mol. The van der Waals surface area contributed by atoms with Crippen LogP contribution in [0.4, 0.5) is 22.2 Å². The van der Waals surface area contributed by atoms with Crippen LogP contribution in [-0.4, -0.2) is 34.6 Å². The molecule has 0 radical (unpaired) electrons. The lowest BCUT2D eigenvalue weighted by atomic mass is 10.0. The lowest BCUT2D eigenvalue weighted by Gasteiger charge is -2.33. The van der Waals surface area contributed by atoms with E-state index in [-0.39, 0.29) is 23.8 Å². The average molecular weight is 304 g/mol. The molecule has 8 heteroatoms. The number of nitrogens with zero attached hydrogens (tertiary/aromatic N) is 4. The predicted molar refractivity (Wildman–Crippen MR) is 80.7 cm³/mol. The molecular formula is C14H17FN6O. The van der Waals surface area contributed by atoms with Gasteiger partial charge in [-0.3, -0.25) is 0 Å². The molecule has 0 aliphatic carbocycles. The summed E-state index contributed by atoms with van der Waals surface area (Å²) in [5.41, 5.74) is 12.7. The third kappa shape index (κ3) is 2.91. The Morgan fingerprint density at radius 2 is 1.95 bits per heavy atom. The predicted octanol–water partition coefficient (Wildman–Crippen LogP) is 1.06. The van der Waals surface area contributed by atoms with Crippen LogP contribution in [0.25, 0.3) is 0 Å². The quantitative estimate of drug-likeness (QED) is 0.855. The summed E-state index contributed by atoms with van der Waals surface area (Å²) in [6, 6.07) is 4.97. The molecule has 0 amide bonds. The Hall–Kier alpha value is -2.48. The second kappa shape index (κ2) is 5.72. The van der Waals surface area contributed by atoms with Crippen molar-refractivity contribution in [1.82, 2.24) is 15.0 Å². The molecule has 116 valence electrons. The first-order valence-corrected chi connectivity index (χ1v) is 6.92. The lowest BCUT2D eigenvalue weighted by molar-refractivity contribution is 0.0391. The summed E-state index contributed by atoms with van der Waals surface area (Å²) >= 11 is 0. The number of aryl methyl sites for hydroxylation is 1. The minimum Gasteiger partial charge on any atom is -0.370 e. The van der Waals surface area contributed by atoms with Crippen molar-refractivity contribution in [2.24, 2.45) is 0 Å². The second-order valence-electron chi connectivity index (χ2n) is 5.17. The number of anilines is 3. The fourth-order valence-corrected chi connectivity index (χ4v) is 2.44. The van der Waals surface area contributed by atoms with Crippen LogP contribution in [0.5, 0.6) is 0 Å². The molecule has 0 bridgehead atoms. The zero-order valence-electron chi connectivity index (χ0n) is 12.2. The number of rotatable bonds is 2. The van der Waals surface area contributed by atoms with Gasteiger partial charge in [-0.25, -0.2) is 4.39 Å². The van der Waals surface area contributed by atoms with Crippen molar-refractivity contribution in [1.29, 1.82) is 0 Å². The Balaban J connectivity index is 1.83. The topological polar surface area (TPSA) is 103 Å². The van der Waals surface area contributed by atoms with Crippen molar-refractivity contribution in [2.45, 2.75) is 13.0 Å². The number of nitrogens with two attached hydrogens (primary N) is 2. The van der Waals surface area contributed by atoms with Gasteiger partial charge in [0.25, 0.3) is 0 Å². The van der Waals surface area contributed by atoms with Gasteiger partial charge in [-0.15, -0.1) is 0 Å². The smallest absolute Gasteiger partial charge is 0.232 e. The van der Waals surface area contributed by atoms with Gasteiger partial charge in [0.1, 0.15) is 11.9 Å². The highest BCUT2D eigenvalue weighted by atomic mass is 19.1. The number of hydrogen-bond acceptors (Lipinski definition) is 7. The van der Waals surface area contributed by atoms with E-state index >= 15 is 0 Å². The van der Waals surface area contributed by atoms with Crippen LogP contribution in [0.3, 0.4) is 0 Å². The molecule has 0 spiro atoms. The summed E-state index contributed by atoms with van der Waals surface area (Å²) in [6.07, 6.45) is -0.188. The summed E-state index contributed by atoms with van der Waals surface area (Å²) in [5, 5.41) is 0. The van der Waals surface area contributed by atoms with E-state index in [2.05, 4.69) is 15.0 Å². The van der Waals surface area contributed by atoms with Gasteiger partial charge in [-0.1, -0.05) is 12.1 Å². The minimum atomic E-state index is -0.227. The highest BCUT2D eigenvalue weighted by Crippen LogP contribution is 2.26. The molecule has 7 nitrogen and oxygen atoms in total. The molecule has 2 heterocycles. The molecule has 0 saturated carbocycles. The van der Waals surface area contributed by atoms with Crippen molar-refractivity contribution in [3.8, 4) is 0 Å². The first kappa shape index (κ1) is 14.5. The fraction of sp³-hybridized carbons (Fsp3) is 0.357. The van der Waals surface area contributed by atoms with Crippen LogP contribution in [0.1, 0.15) is 17.2 Å². The molecule has 1 aliphatic rings. The second-order valence-corrected chi connectivity index (χ2v) is 5.17. The summed E-state index contributed by atoms with van der Waals surface area (Å²) in [5.74, 6) is 0.373. The normalized spacial score (nSPS) is 18.5.